The molecule has 230 valence electrons. The molecule has 8 N–H and O–H groups in total. The van der Waals surface area contributed by atoms with Crippen molar-refractivity contribution in [3.63, 3.8) is 0 Å². The van der Waals surface area contributed by atoms with Gasteiger partial charge >= 0.3 is 30.3 Å². The molecule has 11 nitrogen and oxygen atoms in total. The molecule has 0 radical (unpaired) electrons. The molecule has 1 atom stereocenters. The van der Waals surface area contributed by atoms with Crippen LogP contribution in [-0.4, -0.2) is 64.6 Å². The fraction of sp³-hybridized carbons (Fsp3) is 0.435. The van der Waals surface area contributed by atoms with Gasteiger partial charge in [-0.1, -0.05) is 36.8 Å². The van der Waals surface area contributed by atoms with Crippen molar-refractivity contribution in [2.75, 3.05) is 18.8 Å². The van der Waals surface area contributed by atoms with Gasteiger partial charge in [0.15, 0.2) is 11.1 Å². The van der Waals surface area contributed by atoms with Crippen LogP contribution in [0.1, 0.15) is 29.3 Å². The number of guanidine groups is 1. The Morgan fingerprint density at radius 2 is 1.56 bits per heavy atom. The topological polar surface area (TPSA) is 193 Å². The summed E-state index contributed by atoms with van der Waals surface area (Å²) in [6.07, 6.45) is -5.82. The Balaban J connectivity index is 0.000000941. The largest absolute Gasteiger partial charge is 0.490 e. The van der Waals surface area contributed by atoms with E-state index in [1.54, 1.807) is 6.20 Å². The molecule has 0 saturated carbocycles. The molecule has 0 aliphatic rings. The summed E-state index contributed by atoms with van der Waals surface area (Å²) in [5.41, 5.74) is 13.8. The first-order chi connectivity index (χ1) is 18.8. The molecular weight excluding hydrogens is 586 g/mol. The molecule has 2 aromatic rings. The van der Waals surface area contributed by atoms with Crippen molar-refractivity contribution >= 4 is 40.4 Å². The molecule has 41 heavy (non-hydrogen) atoms. The molecule has 1 aromatic carbocycles. The minimum absolute atomic E-state index is 0.127. The Morgan fingerprint density at radius 3 is 2.00 bits per heavy atom. The molecule has 0 saturated heterocycles. The van der Waals surface area contributed by atoms with Gasteiger partial charge in [0, 0.05) is 24.2 Å². The maximum absolute atomic E-state index is 11.9. The number of rotatable bonds is 8. The van der Waals surface area contributed by atoms with Crippen LogP contribution in [0.25, 0.3) is 0 Å². The summed E-state index contributed by atoms with van der Waals surface area (Å²) >= 11 is 1.47. The van der Waals surface area contributed by atoms with Gasteiger partial charge in [0.25, 0.3) is 0 Å². The van der Waals surface area contributed by atoms with Gasteiger partial charge in [0.1, 0.15) is 0 Å². The number of carbonyl (C=O) groups excluding carboxylic acids is 1. The number of hydrogen-bond acceptors (Lipinski definition) is 7. The number of thiazole rings is 1. The second-order valence-corrected chi connectivity index (χ2v) is 9.42. The van der Waals surface area contributed by atoms with Gasteiger partial charge in [-0.05, 0) is 37.7 Å². The van der Waals surface area contributed by atoms with E-state index in [2.05, 4.69) is 58.7 Å². The van der Waals surface area contributed by atoms with Crippen LogP contribution in [0.15, 0.2) is 35.5 Å². The minimum Gasteiger partial charge on any atom is -0.475 e. The number of carbonyl (C=O) groups is 3. The van der Waals surface area contributed by atoms with E-state index in [0.29, 0.717) is 24.1 Å². The van der Waals surface area contributed by atoms with Crippen LogP contribution in [0.4, 0.5) is 36.3 Å². The smallest absolute Gasteiger partial charge is 0.475 e. The molecule has 2 amide bonds. The number of halogens is 6. The Labute approximate surface area is 234 Å². The van der Waals surface area contributed by atoms with Crippen molar-refractivity contribution in [2.45, 2.75) is 45.5 Å². The van der Waals surface area contributed by atoms with Gasteiger partial charge in [-0.15, -0.1) is 11.3 Å². The number of aliphatic carboxylic acids is 2. The molecule has 0 fully saturated rings. The van der Waals surface area contributed by atoms with Crippen LogP contribution in [0, 0.1) is 12.8 Å². The molecule has 1 heterocycles. The van der Waals surface area contributed by atoms with E-state index in [-0.39, 0.29) is 12.0 Å². The van der Waals surface area contributed by atoms with E-state index in [1.165, 1.54) is 22.5 Å². The summed E-state index contributed by atoms with van der Waals surface area (Å²) in [5, 5.41) is 20.2. The second-order valence-electron chi connectivity index (χ2n) is 8.27. The first-order valence-corrected chi connectivity index (χ1v) is 12.3. The highest BCUT2D eigenvalue weighted by molar-refractivity contribution is 7.15. The van der Waals surface area contributed by atoms with Crippen LogP contribution in [0.3, 0.4) is 0 Å². The summed E-state index contributed by atoms with van der Waals surface area (Å²) in [6.45, 7) is 5.28. The Morgan fingerprint density at radius 1 is 1.05 bits per heavy atom. The fourth-order valence-corrected chi connectivity index (χ4v) is 3.28. The second kappa shape index (κ2) is 17.6. The summed E-state index contributed by atoms with van der Waals surface area (Å²) < 4.78 is 63.5. The summed E-state index contributed by atoms with van der Waals surface area (Å²) in [5.74, 6) is -5.06. The lowest BCUT2D eigenvalue weighted by atomic mass is 10.0. The van der Waals surface area contributed by atoms with Crippen LogP contribution in [0.5, 0.6) is 0 Å². The van der Waals surface area contributed by atoms with Crippen LogP contribution < -0.4 is 22.1 Å². The molecule has 0 bridgehead atoms. The SMILES string of the molecule is Cc1ccc(CC(C)CNC(=O)NC(N)=NCCCc2cnc(N)s2)cc1.O=C(O)C(F)(F)F.O=C(O)C(F)(F)F. The third-order valence-corrected chi connectivity index (χ3v) is 5.36. The van der Waals surface area contributed by atoms with Gasteiger partial charge in [-0.2, -0.15) is 26.3 Å². The number of benzene rings is 1. The molecule has 0 spiro atoms. The molecule has 2 rings (SSSR count). The lowest BCUT2D eigenvalue weighted by molar-refractivity contribution is -0.193. The molecule has 1 aromatic heterocycles. The van der Waals surface area contributed by atoms with Crippen molar-refractivity contribution in [2.24, 2.45) is 16.6 Å². The van der Waals surface area contributed by atoms with E-state index in [1.807, 2.05) is 0 Å². The highest BCUT2D eigenvalue weighted by atomic mass is 32.1. The number of amides is 2. The number of alkyl halides is 6. The predicted molar refractivity (Wildman–Crippen MR) is 139 cm³/mol. The number of nitrogen functional groups attached to an aromatic ring is 1. The Kier molecular flexibility index (Phi) is 15.8. The van der Waals surface area contributed by atoms with E-state index >= 15 is 0 Å². The number of urea groups is 1. The van der Waals surface area contributed by atoms with Gasteiger partial charge in [0.05, 0.1) is 0 Å². The molecule has 0 aliphatic heterocycles. The van der Waals surface area contributed by atoms with E-state index in [4.69, 9.17) is 31.3 Å². The maximum atomic E-state index is 11.9. The lowest BCUT2D eigenvalue weighted by Crippen LogP contribution is -2.44. The van der Waals surface area contributed by atoms with Crippen LogP contribution >= 0.6 is 11.3 Å². The Hall–Kier alpha value is -4.09. The lowest BCUT2D eigenvalue weighted by Gasteiger charge is -2.13. The average Bonchev–Trinajstić information content (AvgIpc) is 3.26. The first kappa shape index (κ1) is 36.9. The number of carboxylic acid groups (broad SMARTS) is 2. The van der Waals surface area contributed by atoms with Crippen LogP contribution in [0.2, 0.25) is 0 Å². The van der Waals surface area contributed by atoms with Crippen molar-refractivity contribution in [1.82, 2.24) is 15.6 Å². The quantitative estimate of drug-likeness (QED) is 0.112. The van der Waals surface area contributed by atoms with E-state index in [9.17, 15) is 31.1 Å². The zero-order valence-electron chi connectivity index (χ0n) is 21.8. The average molecular weight is 617 g/mol. The first-order valence-electron chi connectivity index (χ1n) is 11.5. The summed E-state index contributed by atoms with van der Waals surface area (Å²) in [4.78, 5) is 39.0. The fourth-order valence-electron chi connectivity index (χ4n) is 2.56. The minimum atomic E-state index is -5.08. The molecule has 18 heteroatoms. The number of nitrogens with one attached hydrogen (secondary N) is 2. The monoisotopic (exact) mass is 616 g/mol. The van der Waals surface area contributed by atoms with Crippen molar-refractivity contribution in [1.29, 1.82) is 0 Å². The number of anilines is 1. The number of aromatic nitrogens is 1. The standard InChI is InChI=1S/C19H28N6OS.2C2HF3O2/c1-13-5-7-15(8-6-13)10-14(2)11-24-19(26)25-17(20)22-9-3-4-16-12-23-18(21)27-16;2*3-2(4,5)1(6)7/h5-8,12,14H,3-4,9-11H2,1-2H3,(H2,21,23)(H4,20,22,24,25,26);2*(H,6,7). The zero-order chi connectivity index (χ0) is 31.8. The van der Waals surface area contributed by atoms with Gasteiger partial charge in [-0.3, -0.25) is 10.3 Å². The maximum Gasteiger partial charge on any atom is 0.490 e. The van der Waals surface area contributed by atoms with Crippen LogP contribution in [-0.2, 0) is 22.4 Å². The Bertz CT molecular complexity index is 1120. The van der Waals surface area contributed by atoms with E-state index < -0.39 is 24.3 Å². The van der Waals surface area contributed by atoms with E-state index in [0.717, 1.165) is 24.1 Å². The van der Waals surface area contributed by atoms with Gasteiger partial charge in [0.2, 0.25) is 0 Å². The van der Waals surface area contributed by atoms with Crippen molar-refractivity contribution in [3.05, 3.63) is 46.5 Å². The number of nitrogens with zero attached hydrogens (tertiary/aromatic N) is 2. The summed E-state index contributed by atoms with van der Waals surface area (Å²) in [7, 11) is 0. The number of aliphatic imine (C=N–C) groups is 1. The molecule has 0 aliphatic carbocycles. The van der Waals surface area contributed by atoms with Gasteiger partial charge in [-0.25, -0.2) is 19.4 Å². The predicted octanol–water partition coefficient (Wildman–Crippen LogP) is 3.73. The third kappa shape index (κ3) is 18.8. The normalized spacial score (nSPS) is 12.1. The number of nitrogens with two attached hydrogens (primary N) is 2. The number of hydrogen-bond donors (Lipinski definition) is 6. The van der Waals surface area contributed by atoms with Crippen molar-refractivity contribution in [3.8, 4) is 0 Å². The van der Waals surface area contributed by atoms with Gasteiger partial charge < -0.3 is 27.0 Å². The van der Waals surface area contributed by atoms with Crippen molar-refractivity contribution < 1.29 is 50.9 Å². The summed E-state index contributed by atoms with van der Waals surface area (Å²) in [6, 6.07) is 8.11. The molecular formula is C23H30F6N6O5S. The third-order valence-electron chi connectivity index (χ3n) is 4.48. The molecule has 1 unspecified atom stereocenters. The highest BCUT2D eigenvalue weighted by Gasteiger charge is 2.38. The number of aryl methyl sites for hydroxylation is 2. The zero-order valence-corrected chi connectivity index (χ0v) is 22.7. The highest BCUT2D eigenvalue weighted by Crippen LogP contribution is 2.16. The number of carboxylic acids is 2.